The van der Waals surface area contributed by atoms with Gasteiger partial charge in [0.15, 0.2) is 0 Å². The molecule has 0 bridgehead atoms. The summed E-state index contributed by atoms with van der Waals surface area (Å²) in [6.45, 7) is 3.81. The molecule has 0 spiro atoms. The second-order valence-corrected chi connectivity index (χ2v) is 9.40. The molecule has 4 rings (SSSR count). The van der Waals surface area contributed by atoms with Crippen molar-refractivity contribution in [2.75, 3.05) is 25.1 Å². The second kappa shape index (κ2) is 10.1. The molecule has 2 aliphatic rings. The number of amides is 1. The van der Waals surface area contributed by atoms with E-state index in [9.17, 15) is 14.7 Å². The molecule has 0 unspecified atom stereocenters. The first-order chi connectivity index (χ1) is 15.9. The Morgan fingerprint density at radius 3 is 2.58 bits per heavy atom. The molecular weight excluding hydrogens is 418 g/mol. The molecule has 1 aromatic carbocycles. The van der Waals surface area contributed by atoms with Gasteiger partial charge < -0.3 is 24.6 Å². The van der Waals surface area contributed by atoms with Crippen molar-refractivity contribution >= 4 is 11.6 Å². The van der Waals surface area contributed by atoms with Crippen LogP contribution < -0.4 is 15.8 Å². The number of nitrogens with one attached hydrogen (secondary N) is 1. The van der Waals surface area contributed by atoms with Gasteiger partial charge in [0.05, 0.1) is 18.2 Å². The van der Waals surface area contributed by atoms with Crippen LogP contribution in [0.2, 0.25) is 0 Å². The third-order valence-electron chi connectivity index (χ3n) is 7.29. The average Bonchev–Trinajstić information content (AvgIpc) is 3.30. The molecule has 0 radical (unpaired) electrons. The largest absolute Gasteiger partial charge is 0.391 e. The van der Waals surface area contributed by atoms with Gasteiger partial charge in [-0.2, -0.15) is 0 Å². The van der Waals surface area contributed by atoms with Gasteiger partial charge in [0.1, 0.15) is 5.56 Å². The number of hydrogen-bond donors (Lipinski definition) is 2. The molecule has 178 valence electrons. The lowest BCUT2D eigenvalue weighted by Crippen LogP contribution is -2.46. The maximum atomic E-state index is 12.9. The number of carbonyl (C=O) groups excluding carboxylic acids is 1. The second-order valence-electron chi connectivity index (χ2n) is 9.40. The highest BCUT2D eigenvalue weighted by atomic mass is 16.5. The molecule has 1 saturated carbocycles. The van der Waals surface area contributed by atoms with Crippen LogP contribution in [0.3, 0.4) is 0 Å². The minimum atomic E-state index is -0.551. The predicted molar refractivity (Wildman–Crippen MR) is 129 cm³/mol. The lowest BCUT2D eigenvalue weighted by atomic mass is 9.92. The van der Waals surface area contributed by atoms with E-state index in [0.717, 1.165) is 55.6 Å². The number of benzene rings is 1. The van der Waals surface area contributed by atoms with E-state index < -0.39 is 12.0 Å². The van der Waals surface area contributed by atoms with E-state index in [0.29, 0.717) is 12.8 Å². The maximum absolute atomic E-state index is 12.9. The summed E-state index contributed by atoms with van der Waals surface area (Å²) in [5.74, 6) is -0.403. The number of ether oxygens (including phenoxy) is 1. The number of aromatic nitrogens is 1. The van der Waals surface area contributed by atoms with Crippen LogP contribution >= 0.6 is 0 Å². The van der Waals surface area contributed by atoms with Gasteiger partial charge in [-0.3, -0.25) is 9.59 Å². The Morgan fingerprint density at radius 2 is 1.91 bits per heavy atom. The molecule has 2 N–H and O–H groups in total. The SMILES string of the molecule is CO[C@@H]1CCN(c2ccc(Cc3cc(C(=O)N[C@H]4CCCC[C@@H]4O)c(=O)n(C)c3C)cc2)C1. The first kappa shape index (κ1) is 23.5. The first-order valence-corrected chi connectivity index (χ1v) is 11.9. The zero-order valence-electron chi connectivity index (χ0n) is 19.8. The summed E-state index contributed by atoms with van der Waals surface area (Å²) < 4.78 is 7.01. The molecule has 33 heavy (non-hydrogen) atoms. The molecule has 2 heterocycles. The van der Waals surface area contributed by atoms with E-state index in [1.807, 2.05) is 6.92 Å². The van der Waals surface area contributed by atoms with Crippen LogP contribution in [0.15, 0.2) is 35.1 Å². The zero-order valence-corrected chi connectivity index (χ0v) is 19.8. The van der Waals surface area contributed by atoms with E-state index in [4.69, 9.17) is 4.74 Å². The summed E-state index contributed by atoms with van der Waals surface area (Å²) >= 11 is 0. The number of pyridine rings is 1. The number of aliphatic hydroxyl groups is 1. The first-order valence-electron chi connectivity index (χ1n) is 11.9. The van der Waals surface area contributed by atoms with Crippen molar-refractivity contribution in [3.63, 3.8) is 0 Å². The van der Waals surface area contributed by atoms with Gasteiger partial charge in [0.25, 0.3) is 11.5 Å². The molecule has 7 nitrogen and oxygen atoms in total. The highest BCUT2D eigenvalue weighted by Crippen LogP contribution is 2.24. The molecule has 3 atom stereocenters. The Balaban J connectivity index is 1.51. The van der Waals surface area contributed by atoms with E-state index in [2.05, 4.69) is 34.5 Å². The smallest absolute Gasteiger partial charge is 0.263 e. The molecule has 1 aliphatic heterocycles. The summed E-state index contributed by atoms with van der Waals surface area (Å²) in [6, 6.07) is 9.90. The van der Waals surface area contributed by atoms with Crippen molar-refractivity contribution in [3.05, 3.63) is 63.1 Å². The maximum Gasteiger partial charge on any atom is 0.263 e. The molecule has 1 saturated heterocycles. The molecule has 7 heteroatoms. The number of anilines is 1. The van der Waals surface area contributed by atoms with Gasteiger partial charge in [-0.05, 0) is 61.9 Å². The van der Waals surface area contributed by atoms with Crippen LogP contribution in [0.25, 0.3) is 0 Å². The number of rotatable bonds is 6. The van der Waals surface area contributed by atoms with Crippen LogP contribution in [0.1, 0.15) is 59.3 Å². The molecule has 1 aliphatic carbocycles. The summed E-state index contributed by atoms with van der Waals surface area (Å²) in [6.07, 6.45) is 4.77. The van der Waals surface area contributed by atoms with E-state index in [1.54, 1.807) is 24.8 Å². The minimum Gasteiger partial charge on any atom is -0.391 e. The van der Waals surface area contributed by atoms with Gasteiger partial charge in [0.2, 0.25) is 0 Å². The number of nitrogens with zero attached hydrogens (tertiary/aromatic N) is 2. The standard InChI is InChI=1S/C26H35N3O4/c1-17-19(14-18-8-10-20(11-9-18)29-13-12-21(16-29)33-3)15-22(26(32)28(17)2)25(31)27-23-6-4-5-7-24(23)30/h8-11,15,21,23-24,30H,4-7,12-14,16H2,1-3H3,(H,27,31)/t21-,23+,24+/m1/s1. The number of aliphatic hydroxyl groups excluding tert-OH is 1. The number of carbonyl (C=O) groups is 1. The quantitative estimate of drug-likeness (QED) is 0.702. The average molecular weight is 454 g/mol. The van der Waals surface area contributed by atoms with E-state index >= 15 is 0 Å². The van der Waals surface area contributed by atoms with Crippen LogP contribution in [0, 0.1) is 6.92 Å². The van der Waals surface area contributed by atoms with Gasteiger partial charge in [-0.15, -0.1) is 0 Å². The van der Waals surface area contributed by atoms with Crippen molar-refractivity contribution < 1.29 is 14.6 Å². The Kier molecular flexibility index (Phi) is 7.20. The molecule has 2 aromatic rings. The van der Waals surface area contributed by atoms with Crippen LogP contribution in [-0.4, -0.2) is 54.0 Å². The zero-order chi connectivity index (χ0) is 23.5. The van der Waals surface area contributed by atoms with Gasteiger partial charge in [-0.1, -0.05) is 25.0 Å². The summed E-state index contributed by atoms with van der Waals surface area (Å²) in [7, 11) is 3.47. The Bertz CT molecular complexity index is 1050. The highest BCUT2D eigenvalue weighted by Gasteiger charge is 2.26. The Morgan fingerprint density at radius 1 is 1.18 bits per heavy atom. The Hall–Kier alpha value is -2.64. The van der Waals surface area contributed by atoms with E-state index in [1.165, 1.54) is 5.69 Å². The third kappa shape index (κ3) is 5.14. The van der Waals surface area contributed by atoms with Gasteiger partial charge in [0, 0.05) is 38.6 Å². The van der Waals surface area contributed by atoms with Crippen molar-refractivity contribution in [1.82, 2.24) is 9.88 Å². The van der Waals surface area contributed by atoms with Crippen LogP contribution in [0.5, 0.6) is 0 Å². The van der Waals surface area contributed by atoms with Crippen molar-refractivity contribution in [3.8, 4) is 0 Å². The fraction of sp³-hybridized carbons (Fsp3) is 0.538. The minimum absolute atomic E-state index is 0.134. The fourth-order valence-electron chi connectivity index (χ4n) is 4.96. The topological polar surface area (TPSA) is 83.8 Å². The Labute approximate surface area is 195 Å². The predicted octanol–water partition coefficient (Wildman–Crippen LogP) is 2.54. The van der Waals surface area contributed by atoms with E-state index in [-0.39, 0.29) is 23.3 Å². The van der Waals surface area contributed by atoms with Crippen LogP contribution in [-0.2, 0) is 18.2 Å². The monoisotopic (exact) mass is 453 g/mol. The normalized spacial score (nSPS) is 23.0. The van der Waals surface area contributed by atoms with Crippen LogP contribution in [0.4, 0.5) is 5.69 Å². The van der Waals surface area contributed by atoms with Crippen molar-refractivity contribution in [2.24, 2.45) is 7.05 Å². The summed E-state index contributed by atoms with van der Waals surface area (Å²) in [5.41, 5.74) is 3.92. The van der Waals surface area contributed by atoms with Gasteiger partial charge in [-0.25, -0.2) is 0 Å². The summed E-state index contributed by atoms with van der Waals surface area (Å²) in [5, 5.41) is 13.1. The molecule has 1 aromatic heterocycles. The third-order valence-corrected chi connectivity index (χ3v) is 7.29. The lowest BCUT2D eigenvalue weighted by molar-refractivity contribution is 0.0715. The van der Waals surface area contributed by atoms with Crippen molar-refractivity contribution in [2.45, 2.75) is 63.7 Å². The summed E-state index contributed by atoms with van der Waals surface area (Å²) in [4.78, 5) is 28.1. The van der Waals surface area contributed by atoms with Crippen molar-refractivity contribution in [1.29, 1.82) is 0 Å². The van der Waals surface area contributed by atoms with Gasteiger partial charge >= 0.3 is 0 Å². The number of methoxy groups -OCH3 is 1. The fourth-order valence-corrected chi connectivity index (χ4v) is 4.96. The molecular formula is C26H35N3O4. The lowest BCUT2D eigenvalue weighted by Gasteiger charge is -2.28. The molecule has 1 amide bonds. The molecule has 2 fully saturated rings. The number of hydrogen-bond acceptors (Lipinski definition) is 5. The highest BCUT2D eigenvalue weighted by molar-refractivity contribution is 5.94.